The summed E-state index contributed by atoms with van der Waals surface area (Å²) in [5, 5.41) is 9.01. The molecule has 1 amide bonds. The van der Waals surface area contributed by atoms with Crippen LogP contribution < -0.4 is 0 Å². The summed E-state index contributed by atoms with van der Waals surface area (Å²) in [7, 11) is 0. The topological polar surface area (TPSA) is 44.1 Å². The van der Waals surface area contributed by atoms with Gasteiger partial charge in [0.15, 0.2) is 0 Å². The first-order valence-corrected chi connectivity index (χ1v) is 9.92. The molecule has 6 rings (SSSR count). The standard InChI is InChI=1S/C22H26N2O/c23-12-17-13-24(14-17)21(25)11-22(18-4-2-1-3-5-18)19-7-15-6-16(9-19)10-20(22)8-15/h1-5,15-17,19-20H,6-11,13-14H2. The van der Waals surface area contributed by atoms with Gasteiger partial charge < -0.3 is 4.90 Å². The molecule has 0 N–H and O–H groups in total. The van der Waals surface area contributed by atoms with E-state index in [9.17, 15) is 4.79 Å². The summed E-state index contributed by atoms with van der Waals surface area (Å²) in [6, 6.07) is 13.2. The maximum Gasteiger partial charge on any atom is 0.223 e. The van der Waals surface area contributed by atoms with E-state index < -0.39 is 0 Å². The number of carbonyl (C=O) groups is 1. The van der Waals surface area contributed by atoms with Crippen molar-refractivity contribution in [2.24, 2.45) is 29.6 Å². The minimum absolute atomic E-state index is 0.0451. The number of likely N-dealkylation sites (tertiary alicyclic amines) is 1. The molecule has 1 aliphatic heterocycles. The van der Waals surface area contributed by atoms with Crippen molar-refractivity contribution >= 4 is 5.91 Å². The Morgan fingerprint density at radius 1 is 1.04 bits per heavy atom. The Morgan fingerprint density at radius 3 is 2.20 bits per heavy atom. The van der Waals surface area contributed by atoms with Crippen molar-refractivity contribution in [3.05, 3.63) is 35.9 Å². The number of nitriles is 1. The van der Waals surface area contributed by atoms with Crippen LogP contribution in [0.1, 0.15) is 44.1 Å². The first-order chi connectivity index (χ1) is 12.2. The van der Waals surface area contributed by atoms with Gasteiger partial charge in [0.2, 0.25) is 5.91 Å². The molecule has 1 saturated heterocycles. The number of benzene rings is 1. The van der Waals surface area contributed by atoms with E-state index in [0.717, 1.165) is 11.8 Å². The van der Waals surface area contributed by atoms with Crippen molar-refractivity contribution in [1.82, 2.24) is 4.90 Å². The van der Waals surface area contributed by atoms with Gasteiger partial charge in [-0.15, -0.1) is 0 Å². The van der Waals surface area contributed by atoms with Crippen LogP contribution in [0.25, 0.3) is 0 Å². The molecule has 0 unspecified atom stereocenters. The van der Waals surface area contributed by atoms with Crippen LogP contribution in [0.4, 0.5) is 0 Å². The fraction of sp³-hybridized carbons (Fsp3) is 0.636. The van der Waals surface area contributed by atoms with E-state index in [1.54, 1.807) is 0 Å². The molecule has 3 nitrogen and oxygen atoms in total. The first kappa shape index (κ1) is 15.4. The molecule has 0 atom stereocenters. The molecule has 0 radical (unpaired) electrons. The number of amides is 1. The Hall–Kier alpha value is -1.82. The molecule has 1 heterocycles. The normalized spacial score (nSPS) is 39.1. The molecular formula is C22H26N2O. The van der Waals surface area contributed by atoms with Gasteiger partial charge in [-0.1, -0.05) is 30.3 Å². The second kappa shape index (κ2) is 5.59. The zero-order valence-corrected chi connectivity index (χ0v) is 14.7. The molecule has 3 heteroatoms. The fourth-order valence-electron chi connectivity index (χ4n) is 6.76. The minimum atomic E-state index is 0.0451. The lowest BCUT2D eigenvalue weighted by Gasteiger charge is -2.62. The summed E-state index contributed by atoms with van der Waals surface area (Å²) >= 11 is 0. The van der Waals surface area contributed by atoms with Gasteiger partial charge in [0.05, 0.1) is 12.0 Å². The average Bonchev–Trinajstić information content (AvgIpc) is 2.57. The third-order valence-corrected chi connectivity index (χ3v) is 7.77. The summed E-state index contributed by atoms with van der Waals surface area (Å²) < 4.78 is 0. The zero-order valence-electron chi connectivity index (χ0n) is 14.7. The molecule has 5 fully saturated rings. The lowest BCUT2D eigenvalue weighted by Crippen LogP contribution is -2.59. The van der Waals surface area contributed by atoms with Crippen LogP contribution in [0.5, 0.6) is 0 Å². The molecule has 1 aromatic rings. The molecule has 0 aromatic heterocycles. The molecule has 4 aliphatic carbocycles. The quantitative estimate of drug-likeness (QED) is 0.845. The summed E-state index contributed by atoms with van der Waals surface area (Å²) in [5.74, 6) is 3.48. The highest BCUT2D eigenvalue weighted by Crippen LogP contribution is 2.64. The van der Waals surface area contributed by atoms with Gasteiger partial charge in [-0.05, 0) is 61.3 Å². The van der Waals surface area contributed by atoms with E-state index in [-0.39, 0.29) is 17.2 Å². The Balaban J connectivity index is 1.48. The first-order valence-electron chi connectivity index (χ1n) is 9.92. The summed E-state index contributed by atoms with van der Waals surface area (Å²) in [5.41, 5.74) is 1.44. The summed E-state index contributed by atoms with van der Waals surface area (Å²) in [6.07, 6.45) is 7.35. The van der Waals surface area contributed by atoms with Crippen LogP contribution in [0, 0.1) is 40.9 Å². The fourth-order valence-corrected chi connectivity index (χ4v) is 6.76. The van der Waals surface area contributed by atoms with Crippen molar-refractivity contribution < 1.29 is 4.79 Å². The maximum absolute atomic E-state index is 13.1. The third-order valence-electron chi connectivity index (χ3n) is 7.77. The van der Waals surface area contributed by atoms with E-state index >= 15 is 0 Å². The molecule has 4 saturated carbocycles. The maximum atomic E-state index is 13.1. The predicted molar refractivity (Wildman–Crippen MR) is 95.5 cm³/mol. The van der Waals surface area contributed by atoms with Crippen LogP contribution >= 0.6 is 0 Å². The van der Waals surface area contributed by atoms with Crippen LogP contribution in [0.2, 0.25) is 0 Å². The Bertz CT molecular complexity index is 685. The highest BCUT2D eigenvalue weighted by atomic mass is 16.2. The zero-order chi connectivity index (χ0) is 17.0. The molecule has 130 valence electrons. The second-order valence-corrected chi connectivity index (χ2v) is 9.01. The van der Waals surface area contributed by atoms with E-state index in [2.05, 4.69) is 36.4 Å². The van der Waals surface area contributed by atoms with Gasteiger partial charge >= 0.3 is 0 Å². The van der Waals surface area contributed by atoms with Crippen LogP contribution in [0.3, 0.4) is 0 Å². The van der Waals surface area contributed by atoms with E-state index in [4.69, 9.17) is 5.26 Å². The van der Waals surface area contributed by atoms with Gasteiger partial charge in [0.25, 0.3) is 0 Å². The third kappa shape index (κ3) is 2.26. The van der Waals surface area contributed by atoms with Gasteiger partial charge in [0.1, 0.15) is 0 Å². The van der Waals surface area contributed by atoms with Crippen molar-refractivity contribution in [2.75, 3.05) is 13.1 Å². The lowest BCUT2D eigenvalue weighted by atomic mass is 9.43. The van der Waals surface area contributed by atoms with Crippen molar-refractivity contribution in [2.45, 2.75) is 43.9 Å². The monoisotopic (exact) mass is 334 g/mol. The predicted octanol–water partition coefficient (Wildman–Crippen LogP) is 3.75. The Labute approximate surface area is 150 Å². The molecule has 0 spiro atoms. The van der Waals surface area contributed by atoms with Gasteiger partial charge in [0, 0.05) is 24.9 Å². The SMILES string of the molecule is N#CC1CN(C(=O)CC2(c3ccccc3)C3CC4CC(C3)CC2C4)C1. The van der Waals surface area contributed by atoms with Crippen LogP contribution in [-0.4, -0.2) is 23.9 Å². The Kier molecular flexibility index (Phi) is 3.45. The number of rotatable bonds is 3. The highest BCUT2D eigenvalue weighted by molar-refractivity contribution is 5.79. The molecular weight excluding hydrogens is 308 g/mol. The number of carbonyl (C=O) groups excluding carboxylic acids is 1. The average molecular weight is 334 g/mol. The van der Waals surface area contributed by atoms with Gasteiger partial charge in [-0.3, -0.25) is 4.79 Å². The summed E-state index contributed by atoms with van der Waals surface area (Å²) in [4.78, 5) is 15.0. The molecule has 5 aliphatic rings. The summed E-state index contributed by atoms with van der Waals surface area (Å²) in [6.45, 7) is 1.28. The van der Waals surface area contributed by atoms with Crippen LogP contribution in [-0.2, 0) is 10.2 Å². The number of hydrogen-bond donors (Lipinski definition) is 0. The smallest absolute Gasteiger partial charge is 0.223 e. The van der Waals surface area contributed by atoms with Crippen molar-refractivity contribution in [3.63, 3.8) is 0 Å². The number of hydrogen-bond acceptors (Lipinski definition) is 2. The lowest BCUT2D eigenvalue weighted by molar-refractivity contribution is -0.143. The molecule has 1 aromatic carbocycles. The van der Waals surface area contributed by atoms with E-state index in [1.165, 1.54) is 37.7 Å². The van der Waals surface area contributed by atoms with E-state index in [0.29, 0.717) is 31.3 Å². The second-order valence-electron chi connectivity index (χ2n) is 9.01. The van der Waals surface area contributed by atoms with Crippen LogP contribution in [0.15, 0.2) is 30.3 Å². The number of nitrogens with zero attached hydrogens (tertiary/aromatic N) is 2. The minimum Gasteiger partial charge on any atom is -0.340 e. The Morgan fingerprint density at radius 2 is 1.64 bits per heavy atom. The molecule has 25 heavy (non-hydrogen) atoms. The van der Waals surface area contributed by atoms with E-state index in [1.807, 2.05) is 4.90 Å². The largest absolute Gasteiger partial charge is 0.340 e. The molecule has 4 bridgehead atoms. The van der Waals surface area contributed by atoms with Gasteiger partial charge in [-0.25, -0.2) is 0 Å². The van der Waals surface area contributed by atoms with Gasteiger partial charge in [-0.2, -0.15) is 5.26 Å². The highest BCUT2D eigenvalue weighted by Gasteiger charge is 2.58. The van der Waals surface area contributed by atoms with Crippen molar-refractivity contribution in [3.8, 4) is 6.07 Å². The van der Waals surface area contributed by atoms with Crippen molar-refractivity contribution in [1.29, 1.82) is 5.26 Å².